The molecule has 34 heavy (non-hydrogen) atoms. The zero-order valence-corrected chi connectivity index (χ0v) is 19.7. The quantitative estimate of drug-likeness (QED) is 0.460. The number of β-amino-alcohol motifs (C(OH)–C–C–N with tert-alkyl or cyclic N) is 1. The third-order valence-corrected chi connectivity index (χ3v) is 5.88. The maximum atomic E-state index is 9.65. The van der Waals surface area contributed by atoms with E-state index in [0.29, 0.717) is 53.9 Å². The van der Waals surface area contributed by atoms with E-state index in [1.807, 2.05) is 6.92 Å². The molecule has 0 unspecified atom stereocenters. The number of aliphatic hydroxyl groups is 1. The van der Waals surface area contributed by atoms with Gasteiger partial charge in [-0.15, -0.1) is 5.10 Å². The third kappa shape index (κ3) is 4.82. The molecule has 12 heteroatoms. The molecule has 1 saturated heterocycles. The molecule has 11 nitrogen and oxygen atoms in total. The van der Waals surface area contributed by atoms with E-state index in [9.17, 15) is 15.6 Å². The molecule has 1 atom stereocenters. The summed E-state index contributed by atoms with van der Waals surface area (Å²) in [6.07, 6.45) is 1.06. The Labute approximate surface area is 202 Å². The second kappa shape index (κ2) is 10.1. The largest absolute Gasteiger partial charge is 0.392 e. The molecule has 1 fully saturated rings. The van der Waals surface area contributed by atoms with Crippen LogP contribution in [0.25, 0.3) is 5.65 Å². The number of nitrogens with one attached hydrogen (secondary N) is 2. The lowest BCUT2D eigenvalue weighted by Crippen LogP contribution is -2.48. The second-order valence-corrected chi connectivity index (χ2v) is 8.41. The molecule has 0 amide bonds. The highest BCUT2D eigenvalue weighted by Gasteiger charge is 2.22. The van der Waals surface area contributed by atoms with Crippen molar-refractivity contribution in [3.63, 3.8) is 0 Å². The highest BCUT2D eigenvalue weighted by molar-refractivity contribution is 6.36. The zero-order valence-electron chi connectivity index (χ0n) is 19.0. The van der Waals surface area contributed by atoms with Crippen molar-refractivity contribution in [3.8, 4) is 12.1 Å². The van der Waals surface area contributed by atoms with Crippen molar-refractivity contribution >= 4 is 40.4 Å². The molecule has 4 rings (SSSR count). The van der Waals surface area contributed by atoms with Crippen molar-refractivity contribution in [2.24, 2.45) is 0 Å². The number of piperazine rings is 1. The lowest BCUT2D eigenvalue weighted by Gasteiger charge is -2.37. The van der Waals surface area contributed by atoms with Crippen molar-refractivity contribution in [1.82, 2.24) is 24.5 Å². The summed E-state index contributed by atoms with van der Waals surface area (Å²) in [7, 11) is 0. The number of hydrogen-bond acceptors (Lipinski definition) is 10. The van der Waals surface area contributed by atoms with Gasteiger partial charge in [0.15, 0.2) is 17.2 Å². The molecule has 0 radical (unpaired) electrons. The summed E-state index contributed by atoms with van der Waals surface area (Å²) in [5.74, 6) is 0.686. The fourth-order valence-electron chi connectivity index (χ4n) is 3.96. The fraction of sp³-hybridized carbons (Fsp3) is 0.409. The average Bonchev–Trinajstić information content (AvgIpc) is 3.24. The third-order valence-electron chi connectivity index (χ3n) is 5.49. The van der Waals surface area contributed by atoms with E-state index in [1.165, 1.54) is 10.7 Å². The zero-order chi connectivity index (χ0) is 24.2. The minimum atomic E-state index is -0.380. The number of imidazole rings is 1. The van der Waals surface area contributed by atoms with E-state index in [4.69, 9.17) is 11.6 Å². The van der Waals surface area contributed by atoms with E-state index in [-0.39, 0.29) is 17.7 Å². The van der Waals surface area contributed by atoms with Crippen LogP contribution in [-0.2, 0) is 0 Å². The Morgan fingerprint density at radius 3 is 2.62 bits per heavy atom. The van der Waals surface area contributed by atoms with Crippen LogP contribution in [0.15, 0.2) is 18.3 Å². The van der Waals surface area contributed by atoms with E-state index in [0.717, 1.165) is 18.8 Å². The maximum absolute atomic E-state index is 9.65. The lowest BCUT2D eigenvalue weighted by atomic mass is 10.1. The topological polar surface area (TPSA) is 141 Å². The fourth-order valence-corrected chi connectivity index (χ4v) is 4.23. The number of benzene rings is 1. The number of halogens is 1. The highest BCUT2D eigenvalue weighted by Crippen LogP contribution is 2.36. The van der Waals surface area contributed by atoms with Gasteiger partial charge in [-0.1, -0.05) is 11.6 Å². The minimum absolute atomic E-state index is 0.211. The average molecular weight is 481 g/mol. The van der Waals surface area contributed by atoms with E-state index >= 15 is 0 Å². The molecule has 2 aromatic heterocycles. The molecule has 176 valence electrons. The van der Waals surface area contributed by atoms with Crippen molar-refractivity contribution in [2.75, 3.05) is 54.8 Å². The molecule has 0 aliphatic carbocycles. The first-order chi connectivity index (χ1) is 16.4. The van der Waals surface area contributed by atoms with Crippen molar-refractivity contribution in [3.05, 3.63) is 34.6 Å². The Bertz CT molecular complexity index is 1270. The number of aromatic nitrogens is 4. The van der Waals surface area contributed by atoms with Gasteiger partial charge in [0.1, 0.15) is 6.07 Å². The SMILES string of the molecule is CCNc1nc(Nc2cc(C#N)cc(N3CCN(C[C@@H](C)O)CC3)c2Cl)nn2c(C#N)cnc12. The summed E-state index contributed by atoms with van der Waals surface area (Å²) in [5.41, 5.74) is 2.39. The smallest absolute Gasteiger partial charge is 0.247 e. The number of nitriles is 2. The van der Waals surface area contributed by atoms with E-state index in [1.54, 1.807) is 19.1 Å². The van der Waals surface area contributed by atoms with Gasteiger partial charge in [0.05, 0.1) is 40.3 Å². The molecule has 1 aliphatic heterocycles. The predicted octanol–water partition coefficient (Wildman–Crippen LogP) is 2.20. The molecule has 3 N–H and O–H groups in total. The van der Waals surface area contributed by atoms with Crippen LogP contribution in [0, 0.1) is 22.7 Å². The molecular formula is C22H25ClN10O. The highest BCUT2D eigenvalue weighted by atomic mass is 35.5. The molecule has 0 saturated carbocycles. The van der Waals surface area contributed by atoms with Crippen LogP contribution in [0.3, 0.4) is 0 Å². The number of fused-ring (bicyclic) bond motifs is 1. The molecule has 0 bridgehead atoms. The van der Waals surface area contributed by atoms with Gasteiger partial charge in [-0.25, -0.2) is 4.98 Å². The lowest BCUT2D eigenvalue weighted by molar-refractivity contribution is 0.123. The van der Waals surface area contributed by atoms with Crippen molar-refractivity contribution in [2.45, 2.75) is 20.0 Å². The van der Waals surface area contributed by atoms with Crippen LogP contribution < -0.4 is 15.5 Å². The summed E-state index contributed by atoms with van der Waals surface area (Å²) in [4.78, 5) is 13.1. The van der Waals surface area contributed by atoms with Gasteiger partial charge in [-0.05, 0) is 26.0 Å². The summed E-state index contributed by atoms with van der Waals surface area (Å²) in [6.45, 7) is 7.94. The number of nitrogens with zero attached hydrogens (tertiary/aromatic N) is 8. The van der Waals surface area contributed by atoms with Gasteiger partial charge in [-0.2, -0.15) is 20.0 Å². The first kappa shape index (κ1) is 23.5. The van der Waals surface area contributed by atoms with Crippen LogP contribution in [0.2, 0.25) is 5.02 Å². The van der Waals surface area contributed by atoms with Gasteiger partial charge in [0, 0.05) is 39.3 Å². The Balaban J connectivity index is 1.66. The first-order valence-corrected chi connectivity index (χ1v) is 11.4. The van der Waals surface area contributed by atoms with E-state index in [2.05, 4.69) is 47.6 Å². The van der Waals surface area contributed by atoms with Gasteiger partial charge < -0.3 is 20.6 Å². The molecule has 0 spiro atoms. The Kier molecular flexibility index (Phi) is 6.98. The van der Waals surface area contributed by atoms with E-state index < -0.39 is 0 Å². The van der Waals surface area contributed by atoms with Crippen molar-refractivity contribution in [1.29, 1.82) is 10.5 Å². The van der Waals surface area contributed by atoms with Crippen LogP contribution in [0.4, 0.5) is 23.1 Å². The summed E-state index contributed by atoms with van der Waals surface area (Å²) in [5, 5.41) is 39.8. The van der Waals surface area contributed by atoms with Crippen LogP contribution in [0.5, 0.6) is 0 Å². The standard InChI is InChI=1S/C22H25ClN10O/c1-3-26-20-21-27-12-16(11-25)33(21)30-22(29-20)28-17-8-15(10-24)9-18(19(17)23)32-6-4-31(5-7-32)13-14(2)34/h8-9,12,14,34H,3-7,13H2,1-2H3,(H2,26,28,29,30)/t14-/m1/s1. The Morgan fingerprint density at radius 2 is 1.97 bits per heavy atom. The Hall–Kier alpha value is -3.64. The summed E-state index contributed by atoms with van der Waals surface area (Å²) in [6, 6.07) is 7.68. The molecule has 3 heterocycles. The predicted molar refractivity (Wildman–Crippen MR) is 129 cm³/mol. The molecule has 1 aliphatic rings. The minimum Gasteiger partial charge on any atom is -0.392 e. The van der Waals surface area contributed by atoms with Crippen LogP contribution in [0.1, 0.15) is 25.1 Å². The monoisotopic (exact) mass is 480 g/mol. The molecule has 1 aromatic carbocycles. The van der Waals surface area contributed by atoms with Gasteiger partial charge in [0.2, 0.25) is 5.95 Å². The number of anilines is 4. The van der Waals surface area contributed by atoms with Gasteiger partial charge >= 0.3 is 0 Å². The van der Waals surface area contributed by atoms with Crippen LogP contribution >= 0.6 is 11.6 Å². The molecule has 3 aromatic rings. The summed E-state index contributed by atoms with van der Waals surface area (Å²) >= 11 is 6.79. The maximum Gasteiger partial charge on any atom is 0.247 e. The van der Waals surface area contributed by atoms with Crippen LogP contribution in [-0.4, -0.2) is 75.0 Å². The van der Waals surface area contributed by atoms with Gasteiger partial charge in [-0.3, -0.25) is 4.90 Å². The number of rotatable bonds is 7. The van der Waals surface area contributed by atoms with Crippen molar-refractivity contribution < 1.29 is 5.11 Å². The normalized spacial score (nSPS) is 15.1. The second-order valence-electron chi connectivity index (χ2n) is 8.04. The molecular weight excluding hydrogens is 456 g/mol. The summed E-state index contributed by atoms with van der Waals surface area (Å²) < 4.78 is 1.41. The number of aliphatic hydroxyl groups excluding tert-OH is 1. The van der Waals surface area contributed by atoms with Gasteiger partial charge in [0.25, 0.3) is 0 Å². The first-order valence-electron chi connectivity index (χ1n) is 11.0. The number of hydrogen-bond donors (Lipinski definition) is 3. The Morgan fingerprint density at radius 1 is 1.21 bits per heavy atom.